The molecule has 64 valence electrons. The smallest absolute Gasteiger partial charge is 0.384 e. The minimum absolute atomic E-state index is 0.119. The molecule has 0 aliphatic carbocycles. The third-order valence-corrected chi connectivity index (χ3v) is 6.67. The zero-order valence-electron chi connectivity index (χ0n) is 5.76. The maximum atomic E-state index is 11.3. The van der Waals surface area contributed by atoms with Gasteiger partial charge in [0.25, 0.3) is 0 Å². The first-order valence-corrected chi connectivity index (χ1v) is 6.57. The molecule has 1 rings (SSSR count). The molecule has 0 saturated carbocycles. The molecule has 0 bridgehead atoms. The van der Waals surface area contributed by atoms with E-state index in [1.165, 1.54) is 6.08 Å². The standard InChI is InChI=1S/C4H7O5PS/c1-8-10(5)4-2-3-9-11(10,6)7/h2-3H,4H2,1H3. The van der Waals surface area contributed by atoms with Gasteiger partial charge in [-0.2, -0.15) is 8.42 Å². The Morgan fingerprint density at radius 1 is 1.64 bits per heavy atom. The van der Waals surface area contributed by atoms with Crippen molar-refractivity contribution in [3.05, 3.63) is 12.3 Å². The van der Waals surface area contributed by atoms with Crippen molar-refractivity contribution in [2.24, 2.45) is 0 Å². The molecule has 0 spiro atoms. The van der Waals surface area contributed by atoms with Crippen molar-refractivity contribution < 1.29 is 21.7 Å². The van der Waals surface area contributed by atoms with Crippen LogP contribution < -0.4 is 0 Å². The Balaban J connectivity index is 3.17. The Morgan fingerprint density at radius 3 is 2.64 bits per heavy atom. The molecule has 1 atom stereocenters. The lowest BCUT2D eigenvalue weighted by Gasteiger charge is -2.16. The van der Waals surface area contributed by atoms with Crippen LogP contribution in [-0.4, -0.2) is 21.7 Å². The van der Waals surface area contributed by atoms with Gasteiger partial charge >= 0.3 is 16.3 Å². The lowest BCUT2D eigenvalue weighted by Crippen LogP contribution is -2.10. The largest absolute Gasteiger partial charge is 0.385 e. The first kappa shape index (κ1) is 8.77. The third kappa shape index (κ3) is 1.34. The second-order valence-corrected chi connectivity index (χ2v) is 7.88. The molecule has 1 unspecified atom stereocenters. The molecule has 0 radical (unpaired) electrons. The van der Waals surface area contributed by atoms with E-state index in [2.05, 4.69) is 8.71 Å². The molecule has 7 heteroatoms. The minimum atomic E-state index is -4.03. The molecule has 0 saturated heterocycles. The summed E-state index contributed by atoms with van der Waals surface area (Å²) in [6.07, 6.45) is 2.22. The topological polar surface area (TPSA) is 69.7 Å². The molecule has 0 fully saturated rings. The highest BCUT2D eigenvalue weighted by Gasteiger charge is 2.41. The zero-order chi connectivity index (χ0) is 8.54. The Kier molecular flexibility index (Phi) is 2.09. The van der Waals surface area contributed by atoms with Crippen LogP contribution in [-0.2, 0) is 23.0 Å². The third-order valence-electron chi connectivity index (χ3n) is 1.22. The average molecular weight is 198 g/mol. The van der Waals surface area contributed by atoms with Crippen molar-refractivity contribution in [1.29, 1.82) is 0 Å². The van der Waals surface area contributed by atoms with E-state index in [4.69, 9.17) is 0 Å². The van der Waals surface area contributed by atoms with E-state index in [0.29, 0.717) is 0 Å². The molecular formula is C4H7O5PS. The van der Waals surface area contributed by atoms with Crippen LogP contribution in [0.5, 0.6) is 0 Å². The quantitative estimate of drug-likeness (QED) is 0.580. The van der Waals surface area contributed by atoms with E-state index in [9.17, 15) is 13.0 Å². The van der Waals surface area contributed by atoms with Crippen LogP contribution in [0.25, 0.3) is 0 Å². The summed E-state index contributed by atoms with van der Waals surface area (Å²) in [4.78, 5) is 0. The van der Waals surface area contributed by atoms with E-state index in [1.807, 2.05) is 0 Å². The van der Waals surface area contributed by atoms with Gasteiger partial charge in [-0.25, -0.2) is 0 Å². The van der Waals surface area contributed by atoms with Crippen molar-refractivity contribution in [3.63, 3.8) is 0 Å². The van der Waals surface area contributed by atoms with Gasteiger partial charge in [-0.3, -0.25) is 4.57 Å². The fourth-order valence-electron chi connectivity index (χ4n) is 0.604. The SMILES string of the molecule is COP1(=O)CC=COS1(=O)=O. The summed E-state index contributed by atoms with van der Waals surface area (Å²) in [5.41, 5.74) is 0. The lowest BCUT2D eigenvalue weighted by molar-refractivity contribution is 0.387. The van der Waals surface area contributed by atoms with Crippen LogP contribution in [0.3, 0.4) is 0 Å². The minimum Gasteiger partial charge on any atom is -0.384 e. The molecule has 11 heavy (non-hydrogen) atoms. The molecule has 0 aromatic carbocycles. The Bertz CT molecular complexity index is 315. The van der Waals surface area contributed by atoms with Gasteiger partial charge in [0.15, 0.2) is 0 Å². The van der Waals surface area contributed by atoms with Gasteiger partial charge in [0.05, 0.1) is 6.16 Å². The molecule has 1 aliphatic heterocycles. The van der Waals surface area contributed by atoms with Crippen molar-refractivity contribution in [3.8, 4) is 0 Å². The van der Waals surface area contributed by atoms with Crippen LogP contribution in [0.2, 0.25) is 0 Å². The van der Waals surface area contributed by atoms with Crippen molar-refractivity contribution in [2.75, 3.05) is 13.3 Å². The normalized spacial score (nSPS) is 34.6. The molecule has 1 heterocycles. The molecule has 0 aromatic heterocycles. The zero-order valence-corrected chi connectivity index (χ0v) is 7.47. The van der Waals surface area contributed by atoms with Crippen molar-refractivity contribution in [1.82, 2.24) is 0 Å². The van der Waals surface area contributed by atoms with Gasteiger partial charge in [-0.05, 0) is 6.08 Å². The number of allylic oxidation sites excluding steroid dienone is 1. The molecule has 0 N–H and O–H groups in total. The second-order valence-electron chi connectivity index (χ2n) is 1.87. The maximum Gasteiger partial charge on any atom is 0.385 e. The predicted octanol–water partition coefficient (Wildman–Crippen LogP) is 0.700. The van der Waals surface area contributed by atoms with Gasteiger partial charge in [0, 0.05) is 7.11 Å². The summed E-state index contributed by atoms with van der Waals surface area (Å²) in [6, 6.07) is 0. The highest BCUT2D eigenvalue weighted by molar-refractivity contribution is 8.48. The van der Waals surface area contributed by atoms with E-state index in [0.717, 1.165) is 13.4 Å². The van der Waals surface area contributed by atoms with Gasteiger partial charge in [-0.15, -0.1) is 0 Å². The number of hydrogen-bond donors (Lipinski definition) is 0. The summed E-state index contributed by atoms with van der Waals surface area (Å²) in [6.45, 7) is -3.63. The Labute approximate surface area is 64.3 Å². The highest BCUT2D eigenvalue weighted by atomic mass is 32.8. The first-order valence-electron chi connectivity index (χ1n) is 2.75. The van der Waals surface area contributed by atoms with E-state index in [-0.39, 0.29) is 6.16 Å². The molecule has 1 aliphatic rings. The van der Waals surface area contributed by atoms with Crippen LogP contribution >= 0.6 is 6.57 Å². The van der Waals surface area contributed by atoms with Crippen LogP contribution in [0.15, 0.2) is 12.3 Å². The number of hydrogen-bond acceptors (Lipinski definition) is 5. The van der Waals surface area contributed by atoms with Crippen molar-refractivity contribution >= 4 is 16.3 Å². The summed E-state index contributed by atoms with van der Waals surface area (Å²) >= 11 is 0. The summed E-state index contributed by atoms with van der Waals surface area (Å²) in [5, 5.41) is 0. The second kappa shape index (κ2) is 2.62. The maximum absolute atomic E-state index is 11.3. The van der Waals surface area contributed by atoms with Gasteiger partial charge < -0.3 is 8.71 Å². The van der Waals surface area contributed by atoms with Crippen molar-refractivity contribution in [2.45, 2.75) is 0 Å². The van der Waals surface area contributed by atoms with E-state index in [1.54, 1.807) is 0 Å². The molecular weight excluding hydrogens is 191 g/mol. The monoisotopic (exact) mass is 198 g/mol. The van der Waals surface area contributed by atoms with Crippen LogP contribution in [0.4, 0.5) is 0 Å². The van der Waals surface area contributed by atoms with Crippen LogP contribution in [0, 0.1) is 0 Å². The van der Waals surface area contributed by atoms with Gasteiger partial charge in [-0.1, -0.05) is 0 Å². The molecule has 0 aromatic rings. The lowest BCUT2D eigenvalue weighted by atomic mass is 10.7. The Hall–Kier alpha value is -0.320. The first-order chi connectivity index (χ1) is 5.02. The fourth-order valence-corrected chi connectivity index (χ4v) is 3.71. The summed E-state index contributed by atoms with van der Waals surface area (Å²) in [7, 11) is -2.94. The average Bonchev–Trinajstić information content (AvgIpc) is 1.95. The number of rotatable bonds is 1. The summed E-state index contributed by atoms with van der Waals surface area (Å²) in [5.74, 6) is 0. The molecule has 5 nitrogen and oxygen atoms in total. The van der Waals surface area contributed by atoms with Gasteiger partial charge in [0.2, 0.25) is 0 Å². The summed E-state index contributed by atoms with van der Waals surface area (Å²) < 4.78 is 41.6. The predicted molar refractivity (Wildman–Crippen MR) is 38.6 cm³/mol. The Morgan fingerprint density at radius 2 is 2.27 bits per heavy atom. The van der Waals surface area contributed by atoms with Gasteiger partial charge in [0.1, 0.15) is 6.26 Å². The highest BCUT2D eigenvalue weighted by Crippen LogP contribution is 2.55. The van der Waals surface area contributed by atoms with Crippen LogP contribution in [0.1, 0.15) is 0 Å². The van der Waals surface area contributed by atoms with E-state index < -0.39 is 16.3 Å². The molecule has 0 amide bonds. The van der Waals surface area contributed by atoms with E-state index >= 15 is 0 Å². The fraction of sp³-hybridized carbons (Fsp3) is 0.500.